The molecule has 0 saturated heterocycles. The molecule has 1 amide bonds. The van der Waals surface area contributed by atoms with Gasteiger partial charge in [-0.3, -0.25) is 0 Å². The van der Waals surface area contributed by atoms with Gasteiger partial charge in [-0.05, 0) is 52.0 Å². The molecule has 0 aromatic rings. The number of rotatable bonds is 4. The number of hydrogen-bond donors (Lipinski definition) is 2. The molecule has 19 heavy (non-hydrogen) atoms. The quantitative estimate of drug-likeness (QED) is 0.824. The van der Waals surface area contributed by atoms with Gasteiger partial charge in [0.05, 0.1) is 0 Å². The summed E-state index contributed by atoms with van der Waals surface area (Å²) in [5.41, 5.74) is 5.10. The zero-order valence-electron chi connectivity index (χ0n) is 13.1. The molecule has 3 N–H and O–H groups in total. The Morgan fingerprint density at radius 2 is 1.74 bits per heavy atom. The Labute approximate surface area is 117 Å². The Bertz CT molecular complexity index is 313. The van der Waals surface area contributed by atoms with Crippen LogP contribution in [-0.2, 0) is 4.74 Å². The Kier molecular flexibility index (Phi) is 4.88. The minimum atomic E-state index is -0.456. The predicted molar refractivity (Wildman–Crippen MR) is 78.0 cm³/mol. The lowest BCUT2D eigenvalue weighted by Gasteiger charge is -2.45. The molecule has 1 aliphatic rings. The average Bonchev–Trinajstić information content (AvgIpc) is 2.64. The molecule has 4 nitrogen and oxygen atoms in total. The number of hydrogen-bond acceptors (Lipinski definition) is 3. The van der Waals surface area contributed by atoms with Gasteiger partial charge in [-0.2, -0.15) is 0 Å². The van der Waals surface area contributed by atoms with Crippen LogP contribution in [-0.4, -0.2) is 23.8 Å². The average molecular weight is 270 g/mol. The van der Waals surface area contributed by atoms with Crippen molar-refractivity contribution in [1.82, 2.24) is 5.32 Å². The van der Waals surface area contributed by atoms with Crippen LogP contribution in [0.1, 0.15) is 66.7 Å². The third-order valence-corrected chi connectivity index (χ3v) is 4.26. The van der Waals surface area contributed by atoms with Crippen LogP contribution in [0.5, 0.6) is 0 Å². The van der Waals surface area contributed by atoms with Crippen molar-refractivity contribution in [1.29, 1.82) is 0 Å². The molecule has 0 bridgehead atoms. The highest BCUT2D eigenvalue weighted by Crippen LogP contribution is 2.45. The van der Waals surface area contributed by atoms with E-state index in [0.717, 1.165) is 32.1 Å². The molecule has 1 rings (SSSR count). The highest BCUT2D eigenvalue weighted by Gasteiger charge is 2.47. The molecule has 0 aliphatic heterocycles. The Hall–Kier alpha value is -0.770. The van der Waals surface area contributed by atoms with Crippen LogP contribution in [0.25, 0.3) is 0 Å². The van der Waals surface area contributed by atoms with E-state index < -0.39 is 5.60 Å². The Balaban J connectivity index is 2.80. The zero-order chi connectivity index (χ0) is 14.7. The standard InChI is InChI=1S/C15H30N2O2/c1-13(2,3)19-12(18)17-15(8-6-7-9-15)14(4,5)10-11-16/h6-11,16H2,1-5H3,(H,17,18). The summed E-state index contributed by atoms with van der Waals surface area (Å²) in [6.45, 7) is 10.7. The first-order chi connectivity index (χ1) is 8.62. The number of carbonyl (C=O) groups excluding carboxylic acids is 1. The molecular formula is C15H30N2O2. The summed E-state index contributed by atoms with van der Waals surface area (Å²) in [4.78, 5) is 12.1. The van der Waals surface area contributed by atoms with Crippen molar-refractivity contribution in [3.8, 4) is 0 Å². The van der Waals surface area contributed by atoms with E-state index in [-0.39, 0.29) is 17.0 Å². The smallest absolute Gasteiger partial charge is 0.408 e. The van der Waals surface area contributed by atoms with E-state index in [1.54, 1.807) is 0 Å². The summed E-state index contributed by atoms with van der Waals surface area (Å²) in [5, 5.41) is 3.16. The lowest BCUT2D eigenvalue weighted by atomic mass is 9.69. The van der Waals surface area contributed by atoms with Crippen molar-refractivity contribution < 1.29 is 9.53 Å². The molecule has 0 radical (unpaired) electrons. The molecule has 4 heteroatoms. The molecule has 112 valence electrons. The van der Waals surface area contributed by atoms with Crippen LogP contribution in [0, 0.1) is 5.41 Å². The number of ether oxygens (including phenoxy) is 1. The largest absolute Gasteiger partial charge is 0.444 e. The maximum atomic E-state index is 12.1. The number of carbonyl (C=O) groups is 1. The van der Waals surface area contributed by atoms with Crippen molar-refractivity contribution in [2.75, 3.05) is 6.54 Å². The van der Waals surface area contributed by atoms with E-state index in [1.165, 1.54) is 0 Å². The van der Waals surface area contributed by atoms with Gasteiger partial charge in [-0.1, -0.05) is 26.7 Å². The fourth-order valence-electron chi connectivity index (χ4n) is 3.05. The van der Waals surface area contributed by atoms with Gasteiger partial charge >= 0.3 is 6.09 Å². The SMILES string of the molecule is CC(C)(C)OC(=O)NC1(C(C)(C)CCN)CCCC1. The predicted octanol–water partition coefficient (Wildman–Crippen LogP) is 3.20. The normalized spacial score (nSPS) is 19.3. The number of nitrogens with two attached hydrogens (primary N) is 1. The van der Waals surface area contributed by atoms with Gasteiger partial charge in [-0.25, -0.2) is 4.79 Å². The number of alkyl carbamates (subject to hydrolysis) is 1. The maximum absolute atomic E-state index is 12.1. The van der Waals surface area contributed by atoms with Crippen LogP contribution in [0.2, 0.25) is 0 Å². The maximum Gasteiger partial charge on any atom is 0.408 e. The van der Waals surface area contributed by atoms with Crippen LogP contribution in [0.15, 0.2) is 0 Å². The van der Waals surface area contributed by atoms with Gasteiger partial charge in [0, 0.05) is 5.54 Å². The third kappa shape index (κ3) is 4.10. The molecular weight excluding hydrogens is 240 g/mol. The van der Waals surface area contributed by atoms with Crippen molar-refractivity contribution in [3.63, 3.8) is 0 Å². The monoisotopic (exact) mass is 270 g/mol. The van der Waals surface area contributed by atoms with Crippen LogP contribution in [0.4, 0.5) is 4.79 Å². The van der Waals surface area contributed by atoms with Crippen molar-refractivity contribution >= 4 is 6.09 Å². The van der Waals surface area contributed by atoms with Crippen molar-refractivity contribution in [3.05, 3.63) is 0 Å². The lowest BCUT2D eigenvalue weighted by Crippen LogP contribution is -2.57. The first kappa shape index (κ1) is 16.3. The highest BCUT2D eigenvalue weighted by atomic mass is 16.6. The fraction of sp³-hybridized carbons (Fsp3) is 0.933. The summed E-state index contributed by atoms with van der Waals surface area (Å²) in [5.74, 6) is 0. The number of nitrogens with one attached hydrogen (secondary N) is 1. The molecule has 0 aromatic heterocycles. The molecule has 1 saturated carbocycles. The zero-order valence-corrected chi connectivity index (χ0v) is 13.1. The Morgan fingerprint density at radius 1 is 1.21 bits per heavy atom. The molecule has 0 heterocycles. The third-order valence-electron chi connectivity index (χ3n) is 4.26. The van der Waals surface area contributed by atoms with Crippen LogP contribution < -0.4 is 11.1 Å². The number of amides is 1. The topological polar surface area (TPSA) is 64.3 Å². The second-order valence-electron chi connectivity index (χ2n) is 7.34. The van der Waals surface area contributed by atoms with Crippen molar-refractivity contribution in [2.24, 2.45) is 11.1 Å². The van der Waals surface area contributed by atoms with E-state index in [1.807, 2.05) is 20.8 Å². The van der Waals surface area contributed by atoms with Gasteiger partial charge in [0.25, 0.3) is 0 Å². The van der Waals surface area contributed by atoms with E-state index in [4.69, 9.17) is 10.5 Å². The van der Waals surface area contributed by atoms with Gasteiger partial charge in [-0.15, -0.1) is 0 Å². The minimum Gasteiger partial charge on any atom is -0.444 e. The van der Waals surface area contributed by atoms with Gasteiger partial charge in [0.2, 0.25) is 0 Å². The van der Waals surface area contributed by atoms with Crippen molar-refractivity contribution in [2.45, 2.75) is 77.9 Å². The summed E-state index contributed by atoms with van der Waals surface area (Å²) >= 11 is 0. The van der Waals surface area contributed by atoms with Crippen LogP contribution in [0.3, 0.4) is 0 Å². The minimum absolute atomic E-state index is 0.00481. The molecule has 1 aliphatic carbocycles. The van der Waals surface area contributed by atoms with Gasteiger partial charge in [0.1, 0.15) is 5.60 Å². The molecule has 1 fully saturated rings. The summed E-state index contributed by atoms with van der Waals surface area (Å²) in [6, 6.07) is 0. The lowest BCUT2D eigenvalue weighted by molar-refractivity contribution is 0.0307. The van der Waals surface area contributed by atoms with Gasteiger partial charge < -0.3 is 15.8 Å². The second-order valence-corrected chi connectivity index (χ2v) is 7.34. The summed E-state index contributed by atoms with van der Waals surface area (Å²) in [6.07, 6.45) is 4.94. The molecule has 0 unspecified atom stereocenters. The van der Waals surface area contributed by atoms with E-state index in [0.29, 0.717) is 6.54 Å². The van der Waals surface area contributed by atoms with E-state index in [9.17, 15) is 4.79 Å². The van der Waals surface area contributed by atoms with E-state index in [2.05, 4.69) is 19.2 Å². The summed E-state index contributed by atoms with van der Waals surface area (Å²) in [7, 11) is 0. The first-order valence-corrected chi connectivity index (χ1v) is 7.33. The fourth-order valence-corrected chi connectivity index (χ4v) is 3.05. The van der Waals surface area contributed by atoms with E-state index >= 15 is 0 Å². The highest BCUT2D eigenvalue weighted by molar-refractivity contribution is 5.69. The molecule has 0 atom stereocenters. The molecule has 0 aromatic carbocycles. The van der Waals surface area contributed by atoms with Gasteiger partial charge in [0.15, 0.2) is 0 Å². The van der Waals surface area contributed by atoms with Crippen LogP contribution >= 0.6 is 0 Å². The molecule has 0 spiro atoms. The summed E-state index contributed by atoms with van der Waals surface area (Å²) < 4.78 is 5.42. The first-order valence-electron chi connectivity index (χ1n) is 7.33. The second kappa shape index (κ2) is 5.70. The Morgan fingerprint density at radius 3 is 2.16 bits per heavy atom.